The lowest BCUT2D eigenvalue weighted by Crippen LogP contribution is -2.49. The van der Waals surface area contributed by atoms with E-state index in [1.807, 2.05) is 13.8 Å². The average Bonchev–Trinajstić information content (AvgIpc) is 2.25. The second-order valence-corrected chi connectivity index (χ2v) is 5.08. The molecule has 0 radical (unpaired) electrons. The highest BCUT2D eigenvalue weighted by Crippen LogP contribution is 2.04. The number of Topliss-reactive ketones (excluding diaryl/α,β-unsaturated/α-hetero) is 1. The molecule has 0 fully saturated rings. The molecule has 2 atom stereocenters. The van der Waals surface area contributed by atoms with Gasteiger partial charge in [-0.25, -0.2) is 0 Å². The number of nitrogens with zero attached hydrogens (tertiary/aromatic N) is 1. The highest BCUT2D eigenvalue weighted by molar-refractivity contribution is 5.88. The molecule has 2 unspecified atom stereocenters. The third-order valence-electron chi connectivity index (χ3n) is 3.02. The Balaban J connectivity index is 4.52. The Kier molecular flexibility index (Phi) is 7.29. The van der Waals surface area contributed by atoms with Gasteiger partial charge in [-0.15, -0.1) is 0 Å². The van der Waals surface area contributed by atoms with Crippen molar-refractivity contribution in [1.29, 1.82) is 0 Å². The van der Waals surface area contributed by atoms with E-state index in [1.54, 1.807) is 14.0 Å². The molecule has 0 aromatic rings. The normalized spacial score (nSPS) is 14.3. The molecule has 0 heterocycles. The molecule has 0 aliphatic carbocycles. The van der Waals surface area contributed by atoms with E-state index in [0.717, 1.165) is 0 Å². The molecule has 0 aliphatic rings. The highest BCUT2D eigenvalue weighted by atomic mass is 16.4. The molecule has 1 amide bonds. The third kappa shape index (κ3) is 5.83. The smallest absolute Gasteiger partial charge is 0.320 e. The van der Waals surface area contributed by atoms with E-state index < -0.39 is 18.1 Å². The monoisotopic (exact) mass is 272 g/mol. The minimum absolute atomic E-state index is 0.00759. The van der Waals surface area contributed by atoms with Gasteiger partial charge in [0.2, 0.25) is 5.91 Å². The summed E-state index contributed by atoms with van der Waals surface area (Å²) in [6.07, 6.45) is 0.416. The van der Waals surface area contributed by atoms with Gasteiger partial charge in [0.15, 0.2) is 5.78 Å². The van der Waals surface area contributed by atoms with Crippen LogP contribution in [0.15, 0.2) is 0 Å². The summed E-state index contributed by atoms with van der Waals surface area (Å²) < 4.78 is 0. The maximum atomic E-state index is 11.8. The van der Waals surface area contributed by atoms with Gasteiger partial charge < -0.3 is 10.4 Å². The van der Waals surface area contributed by atoms with E-state index in [0.29, 0.717) is 6.42 Å². The van der Waals surface area contributed by atoms with Crippen LogP contribution in [0, 0.1) is 5.92 Å². The molecular formula is C13H24N2O4. The molecule has 6 nitrogen and oxygen atoms in total. The van der Waals surface area contributed by atoms with E-state index in [4.69, 9.17) is 5.11 Å². The first kappa shape index (κ1) is 17.6. The first-order valence-electron chi connectivity index (χ1n) is 6.43. The third-order valence-corrected chi connectivity index (χ3v) is 3.02. The summed E-state index contributed by atoms with van der Waals surface area (Å²) in [4.78, 5) is 35.6. The Hall–Kier alpha value is -1.43. The van der Waals surface area contributed by atoms with Gasteiger partial charge in [-0.05, 0) is 26.3 Å². The number of nitrogens with one attached hydrogen (secondary N) is 1. The Morgan fingerprint density at radius 2 is 1.79 bits per heavy atom. The van der Waals surface area contributed by atoms with Crippen molar-refractivity contribution < 1.29 is 19.5 Å². The van der Waals surface area contributed by atoms with Gasteiger partial charge in [0.1, 0.15) is 6.04 Å². The van der Waals surface area contributed by atoms with Crippen molar-refractivity contribution in [2.45, 2.75) is 46.2 Å². The Morgan fingerprint density at radius 3 is 2.11 bits per heavy atom. The Bertz CT molecular complexity index is 342. The van der Waals surface area contributed by atoms with Crippen LogP contribution in [0.5, 0.6) is 0 Å². The Morgan fingerprint density at radius 1 is 1.26 bits per heavy atom. The molecule has 6 heteroatoms. The van der Waals surface area contributed by atoms with Gasteiger partial charge in [0, 0.05) is 0 Å². The SMILES string of the molecule is CCC(C(=O)O)N(C)CC(=O)NC(C(C)=O)C(C)C. The lowest BCUT2D eigenvalue weighted by molar-refractivity contribution is -0.143. The highest BCUT2D eigenvalue weighted by Gasteiger charge is 2.25. The molecule has 0 bridgehead atoms. The predicted molar refractivity (Wildman–Crippen MR) is 71.8 cm³/mol. The number of carboxylic acid groups (broad SMARTS) is 1. The Labute approximate surface area is 114 Å². The fourth-order valence-electron chi connectivity index (χ4n) is 1.97. The summed E-state index contributed by atoms with van der Waals surface area (Å²) in [6.45, 7) is 6.84. The number of amides is 1. The molecule has 0 aromatic heterocycles. The van der Waals surface area contributed by atoms with E-state index in [1.165, 1.54) is 11.8 Å². The lowest BCUT2D eigenvalue weighted by atomic mass is 10.0. The number of rotatable bonds is 8. The van der Waals surface area contributed by atoms with Gasteiger partial charge in [0.05, 0.1) is 12.6 Å². The predicted octanol–water partition coefficient (Wildman–Crippen LogP) is 0.511. The largest absolute Gasteiger partial charge is 0.480 e. The quantitative estimate of drug-likeness (QED) is 0.672. The molecule has 19 heavy (non-hydrogen) atoms. The second kappa shape index (κ2) is 7.89. The number of carboxylic acids is 1. The molecule has 0 aromatic carbocycles. The molecule has 110 valence electrons. The molecule has 0 spiro atoms. The summed E-state index contributed by atoms with van der Waals surface area (Å²) in [5, 5.41) is 11.6. The topological polar surface area (TPSA) is 86.7 Å². The number of likely N-dealkylation sites (N-methyl/N-ethyl adjacent to an activating group) is 1. The van der Waals surface area contributed by atoms with Crippen molar-refractivity contribution in [3.63, 3.8) is 0 Å². The van der Waals surface area contributed by atoms with Crippen LogP contribution < -0.4 is 5.32 Å². The van der Waals surface area contributed by atoms with Crippen LogP contribution in [0.25, 0.3) is 0 Å². The van der Waals surface area contributed by atoms with E-state index >= 15 is 0 Å². The summed E-state index contributed by atoms with van der Waals surface area (Å²) in [6, 6.07) is -1.22. The maximum Gasteiger partial charge on any atom is 0.320 e. The van der Waals surface area contributed by atoms with Crippen molar-refractivity contribution in [3.05, 3.63) is 0 Å². The first-order chi connectivity index (χ1) is 8.70. The van der Waals surface area contributed by atoms with E-state index in [-0.39, 0.29) is 24.2 Å². The van der Waals surface area contributed by atoms with Crippen LogP contribution in [-0.2, 0) is 14.4 Å². The van der Waals surface area contributed by atoms with Gasteiger partial charge >= 0.3 is 5.97 Å². The summed E-state index contributed by atoms with van der Waals surface area (Å²) in [5.41, 5.74) is 0. The molecule has 0 saturated heterocycles. The lowest BCUT2D eigenvalue weighted by Gasteiger charge is -2.25. The number of carbonyl (C=O) groups is 3. The number of aliphatic carboxylic acids is 1. The van der Waals surface area contributed by atoms with Crippen molar-refractivity contribution in [3.8, 4) is 0 Å². The molecule has 0 rings (SSSR count). The zero-order chi connectivity index (χ0) is 15.2. The summed E-state index contributed by atoms with van der Waals surface area (Å²) in [5.74, 6) is -1.38. The maximum absolute atomic E-state index is 11.8. The minimum Gasteiger partial charge on any atom is -0.480 e. The molecule has 0 saturated carbocycles. The van der Waals surface area contributed by atoms with Crippen LogP contribution in [0.2, 0.25) is 0 Å². The average molecular weight is 272 g/mol. The van der Waals surface area contributed by atoms with Crippen molar-refractivity contribution in [2.24, 2.45) is 5.92 Å². The van der Waals surface area contributed by atoms with Gasteiger partial charge in [-0.2, -0.15) is 0 Å². The number of hydrogen-bond donors (Lipinski definition) is 2. The molecular weight excluding hydrogens is 248 g/mol. The second-order valence-electron chi connectivity index (χ2n) is 5.08. The fourth-order valence-corrected chi connectivity index (χ4v) is 1.97. The van der Waals surface area contributed by atoms with Crippen LogP contribution in [-0.4, -0.2) is 53.3 Å². The first-order valence-corrected chi connectivity index (χ1v) is 6.43. The van der Waals surface area contributed by atoms with Crippen LogP contribution >= 0.6 is 0 Å². The van der Waals surface area contributed by atoms with Crippen LogP contribution in [0.4, 0.5) is 0 Å². The van der Waals surface area contributed by atoms with Crippen molar-refractivity contribution in [1.82, 2.24) is 10.2 Å². The number of carbonyl (C=O) groups excluding carboxylic acids is 2. The molecule has 0 aliphatic heterocycles. The van der Waals surface area contributed by atoms with Crippen LogP contribution in [0.3, 0.4) is 0 Å². The molecule has 2 N–H and O–H groups in total. The zero-order valence-electron chi connectivity index (χ0n) is 12.3. The fraction of sp³-hybridized carbons (Fsp3) is 0.769. The standard InChI is InChI=1S/C13H24N2O4/c1-6-10(13(18)19)15(5)7-11(17)14-12(8(2)3)9(4)16/h8,10,12H,6-7H2,1-5H3,(H,14,17)(H,18,19). The zero-order valence-corrected chi connectivity index (χ0v) is 12.3. The summed E-state index contributed by atoms with van der Waals surface area (Å²) in [7, 11) is 1.58. The minimum atomic E-state index is -0.954. The number of hydrogen-bond acceptors (Lipinski definition) is 4. The van der Waals surface area contributed by atoms with Gasteiger partial charge in [0.25, 0.3) is 0 Å². The van der Waals surface area contributed by atoms with E-state index in [9.17, 15) is 14.4 Å². The van der Waals surface area contributed by atoms with Gasteiger partial charge in [-0.1, -0.05) is 20.8 Å². The van der Waals surface area contributed by atoms with Crippen molar-refractivity contribution in [2.75, 3.05) is 13.6 Å². The van der Waals surface area contributed by atoms with E-state index in [2.05, 4.69) is 5.32 Å². The van der Waals surface area contributed by atoms with Crippen LogP contribution in [0.1, 0.15) is 34.1 Å². The summed E-state index contributed by atoms with van der Waals surface area (Å²) >= 11 is 0. The van der Waals surface area contributed by atoms with Crippen molar-refractivity contribution >= 4 is 17.7 Å². The number of ketones is 1. The van der Waals surface area contributed by atoms with Gasteiger partial charge in [-0.3, -0.25) is 19.3 Å².